The minimum atomic E-state index is -0.576. The van der Waals surface area contributed by atoms with E-state index in [0.29, 0.717) is 16.4 Å². The molecule has 32 heavy (non-hydrogen) atoms. The van der Waals surface area contributed by atoms with Crippen LogP contribution in [0.15, 0.2) is 76.2 Å². The molecule has 0 saturated carbocycles. The molecule has 0 aliphatic carbocycles. The Hall–Kier alpha value is -2.80. The second-order valence-electron chi connectivity index (χ2n) is 7.25. The highest BCUT2D eigenvalue weighted by Crippen LogP contribution is 2.39. The number of hydrogen-bond donors (Lipinski definition) is 1. The zero-order valence-electron chi connectivity index (χ0n) is 17.1. The number of halogens is 3. The summed E-state index contributed by atoms with van der Waals surface area (Å²) in [7, 11) is 0. The average molecular weight is 487 g/mol. The van der Waals surface area contributed by atoms with Crippen molar-refractivity contribution in [1.82, 2.24) is 0 Å². The van der Waals surface area contributed by atoms with E-state index in [-0.39, 0.29) is 15.6 Å². The normalized spacial score (nSPS) is 13.8. The van der Waals surface area contributed by atoms with Gasteiger partial charge in [0.2, 0.25) is 0 Å². The number of nitrogens with one attached hydrogen (secondary N) is 1. The summed E-state index contributed by atoms with van der Waals surface area (Å²) in [4.78, 5) is 28.9. The fourth-order valence-corrected chi connectivity index (χ4v) is 4.56. The van der Waals surface area contributed by atoms with Gasteiger partial charge in [-0.3, -0.25) is 9.59 Å². The van der Waals surface area contributed by atoms with E-state index < -0.39 is 17.6 Å². The van der Waals surface area contributed by atoms with Crippen LogP contribution in [0.3, 0.4) is 0 Å². The molecule has 0 atom stereocenters. The van der Waals surface area contributed by atoms with Gasteiger partial charge in [-0.1, -0.05) is 52.7 Å². The Balaban J connectivity index is 1.77. The maximum absolute atomic E-state index is 13.6. The number of carbonyl (C=O) groups is 2. The highest BCUT2D eigenvalue weighted by molar-refractivity contribution is 8.04. The molecule has 0 fully saturated rings. The van der Waals surface area contributed by atoms with Crippen molar-refractivity contribution in [1.29, 1.82) is 0 Å². The van der Waals surface area contributed by atoms with Gasteiger partial charge in [-0.2, -0.15) is 0 Å². The monoisotopic (exact) mass is 486 g/mol. The lowest BCUT2D eigenvalue weighted by atomic mass is 10.1. The number of benzene rings is 3. The Morgan fingerprint density at radius 3 is 2.28 bits per heavy atom. The van der Waals surface area contributed by atoms with E-state index in [1.807, 2.05) is 26.0 Å². The van der Waals surface area contributed by atoms with Crippen LogP contribution < -0.4 is 10.2 Å². The Morgan fingerprint density at radius 1 is 0.906 bits per heavy atom. The van der Waals surface area contributed by atoms with Crippen LogP contribution in [0.2, 0.25) is 10.0 Å². The van der Waals surface area contributed by atoms with Crippen LogP contribution in [-0.4, -0.2) is 11.8 Å². The van der Waals surface area contributed by atoms with Gasteiger partial charge in [0, 0.05) is 15.6 Å². The Kier molecular flexibility index (Phi) is 6.29. The van der Waals surface area contributed by atoms with Crippen molar-refractivity contribution in [3.05, 3.63) is 98.3 Å². The predicted molar refractivity (Wildman–Crippen MR) is 128 cm³/mol. The number of imide groups is 1. The molecule has 4 nitrogen and oxygen atoms in total. The van der Waals surface area contributed by atoms with Gasteiger partial charge in [0.05, 0.1) is 10.7 Å². The van der Waals surface area contributed by atoms with Gasteiger partial charge < -0.3 is 5.32 Å². The average Bonchev–Trinajstić information content (AvgIpc) is 2.97. The van der Waals surface area contributed by atoms with Crippen LogP contribution in [0.4, 0.5) is 15.8 Å². The summed E-state index contributed by atoms with van der Waals surface area (Å²) in [5.74, 6) is -1.52. The molecular weight excluding hydrogens is 470 g/mol. The first-order valence-electron chi connectivity index (χ1n) is 9.60. The molecule has 0 radical (unpaired) electrons. The molecule has 0 unspecified atom stereocenters. The number of aryl methyl sites for hydroxylation is 2. The minimum absolute atomic E-state index is 0.0921. The van der Waals surface area contributed by atoms with E-state index in [1.54, 1.807) is 30.3 Å². The lowest BCUT2D eigenvalue weighted by molar-refractivity contribution is -0.120. The molecule has 162 valence electrons. The first-order valence-corrected chi connectivity index (χ1v) is 11.2. The Labute approximate surface area is 199 Å². The molecule has 2 amide bonds. The second-order valence-corrected chi connectivity index (χ2v) is 9.18. The Bertz CT molecular complexity index is 1280. The van der Waals surface area contributed by atoms with Crippen molar-refractivity contribution in [2.75, 3.05) is 10.2 Å². The van der Waals surface area contributed by atoms with E-state index in [9.17, 15) is 14.0 Å². The van der Waals surface area contributed by atoms with Crippen molar-refractivity contribution in [3.63, 3.8) is 0 Å². The summed E-state index contributed by atoms with van der Waals surface area (Å²) < 4.78 is 13.6. The molecule has 1 aliphatic heterocycles. The molecule has 0 spiro atoms. The summed E-state index contributed by atoms with van der Waals surface area (Å²) in [5, 5.41) is 3.44. The molecule has 1 heterocycles. The van der Waals surface area contributed by atoms with Gasteiger partial charge in [-0.05, 0) is 67.9 Å². The van der Waals surface area contributed by atoms with Crippen LogP contribution in [0.1, 0.15) is 11.1 Å². The van der Waals surface area contributed by atoms with Gasteiger partial charge in [0.15, 0.2) is 0 Å². The summed E-state index contributed by atoms with van der Waals surface area (Å²) in [6.07, 6.45) is 0. The van der Waals surface area contributed by atoms with E-state index in [2.05, 4.69) is 5.32 Å². The second kappa shape index (κ2) is 8.98. The Morgan fingerprint density at radius 2 is 1.62 bits per heavy atom. The summed E-state index contributed by atoms with van der Waals surface area (Å²) in [6.45, 7) is 3.79. The van der Waals surface area contributed by atoms with Crippen molar-refractivity contribution in [2.24, 2.45) is 0 Å². The number of amides is 2. The SMILES string of the molecule is Cc1ccc(N2C(=O)C(Nc3ccc(F)c(Cl)c3)=C(Sc3ccc(Cl)cc3)C2=O)c(C)c1. The quantitative estimate of drug-likeness (QED) is 0.405. The molecule has 0 bridgehead atoms. The number of thioether (sulfide) groups is 1. The number of carbonyl (C=O) groups excluding carboxylic acids is 2. The molecule has 1 aliphatic rings. The summed E-state index contributed by atoms with van der Waals surface area (Å²) in [5.41, 5.74) is 2.82. The highest BCUT2D eigenvalue weighted by atomic mass is 35.5. The van der Waals surface area contributed by atoms with Gasteiger partial charge in [-0.25, -0.2) is 9.29 Å². The number of rotatable bonds is 5. The van der Waals surface area contributed by atoms with Crippen molar-refractivity contribution in [2.45, 2.75) is 18.7 Å². The van der Waals surface area contributed by atoms with Gasteiger partial charge in [-0.15, -0.1) is 0 Å². The highest BCUT2D eigenvalue weighted by Gasteiger charge is 2.40. The molecule has 1 N–H and O–H groups in total. The standard InChI is InChI=1S/C24H17Cl2FN2O2S/c1-13-3-10-20(14(2)11-13)29-23(30)21(28-16-6-9-19(27)18(26)12-16)22(24(29)31)32-17-7-4-15(25)5-8-17/h3-12,28H,1-2H3. The molecule has 0 saturated heterocycles. The fourth-order valence-electron chi connectivity index (χ4n) is 3.33. The maximum Gasteiger partial charge on any atom is 0.283 e. The largest absolute Gasteiger partial charge is 0.350 e. The summed E-state index contributed by atoms with van der Waals surface area (Å²) >= 11 is 13.0. The van der Waals surface area contributed by atoms with Gasteiger partial charge in [0.1, 0.15) is 16.4 Å². The van der Waals surface area contributed by atoms with Crippen molar-refractivity contribution < 1.29 is 14.0 Å². The van der Waals surface area contributed by atoms with E-state index in [4.69, 9.17) is 23.2 Å². The van der Waals surface area contributed by atoms with Crippen LogP contribution in [0.25, 0.3) is 0 Å². The third kappa shape index (κ3) is 4.39. The molecule has 0 aromatic heterocycles. The first-order chi connectivity index (χ1) is 15.2. The van der Waals surface area contributed by atoms with E-state index in [1.165, 1.54) is 18.2 Å². The summed E-state index contributed by atoms with van der Waals surface area (Å²) in [6, 6.07) is 16.5. The molecule has 8 heteroatoms. The van der Waals surface area contributed by atoms with Crippen LogP contribution in [0, 0.1) is 19.7 Å². The molecule has 3 aromatic rings. The third-order valence-corrected chi connectivity index (χ3v) is 6.49. The third-order valence-electron chi connectivity index (χ3n) is 4.86. The molecular formula is C24H17Cl2FN2O2S. The minimum Gasteiger partial charge on any atom is -0.350 e. The molecule has 4 rings (SSSR count). The van der Waals surface area contributed by atoms with Gasteiger partial charge in [0.25, 0.3) is 11.8 Å². The van der Waals surface area contributed by atoms with Crippen LogP contribution in [-0.2, 0) is 9.59 Å². The zero-order valence-corrected chi connectivity index (χ0v) is 19.4. The van der Waals surface area contributed by atoms with Crippen molar-refractivity contribution >= 4 is 58.2 Å². The lowest BCUT2D eigenvalue weighted by Gasteiger charge is -2.18. The zero-order chi connectivity index (χ0) is 23.0. The van der Waals surface area contributed by atoms with E-state index in [0.717, 1.165) is 32.7 Å². The first kappa shape index (κ1) is 22.4. The number of hydrogen-bond acceptors (Lipinski definition) is 4. The lowest BCUT2D eigenvalue weighted by Crippen LogP contribution is -2.33. The van der Waals surface area contributed by atoms with E-state index >= 15 is 0 Å². The van der Waals surface area contributed by atoms with Crippen LogP contribution >= 0.6 is 35.0 Å². The van der Waals surface area contributed by atoms with Crippen molar-refractivity contribution in [3.8, 4) is 0 Å². The fraction of sp³-hybridized carbons (Fsp3) is 0.0833. The maximum atomic E-state index is 13.6. The van der Waals surface area contributed by atoms with Gasteiger partial charge >= 0.3 is 0 Å². The topological polar surface area (TPSA) is 49.4 Å². The van der Waals surface area contributed by atoms with Crippen LogP contribution in [0.5, 0.6) is 0 Å². The number of anilines is 2. The smallest absolute Gasteiger partial charge is 0.283 e. The molecule has 3 aromatic carbocycles. The predicted octanol–water partition coefficient (Wildman–Crippen LogP) is 6.74. The number of nitrogens with zero attached hydrogens (tertiary/aromatic N) is 1.